The second-order valence-electron chi connectivity index (χ2n) is 3.27. The van der Waals surface area contributed by atoms with Crippen LogP contribution in [0.25, 0.3) is 11.3 Å². The van der Waals surface area contributed by atoms with E-state index in [1.165, 1.54) is 13.3 Å². The summed E-state index contributed by atoms with van der Waals surface area (Å²) in [4.78, 5) is 15.4. The van der Waals surface area contributed by atoms with Crippen molar-refractivity contribution < 1.29 is 9.53 Å². The Morgan fingerprint density at radius 2 is 2.24 bits per heavy atom. The highest BCUT2D eigenvalue weighted by Crippen LogP contribution is 2.18. The summed E-state index contributed by atoms with van der Waals surface area (Å²) >= 11 is 0. The maximum Gasteiger partial charge on any atom is 0.337 e. The minimum absolute atomic E-state index is 0.0889. The van der Waals surface area contributed by atoms with Crippen LogP contribution in [-0.4, -0.2) is 28.3 Å². The van der Waals surface area contributed by atoms with Crippen molar-refractivity contribution in [1.82, 2.24) is 15.2 Å². The minimum Gasteiger partial charge on any atom is -0.465 e. The number of ether oxygens (including phenoxy) is 1. The van der Waals surface area contributed by atoms with Crippen molar-refractivity contribution >= 4 is 11.9 Å². The molecular formula is C11H10N4O2. The fourth-order valence-electron chi connectivity index (χ4n) is 1.38. The Morgan fingerprint density at radius 1 is 1.41 bits per heavy atom. The van der Waals surface area contributed by atoms with Crippen LogP contribution in [0, 0.1) is 0 Å². The molecule has 0 atom stereocenters. The van der Waals surface area contributed by atoms with Gasteiger partial charge in [0.25, 0.3) is 0 Å². The SMILES string of the molecule is COC(=O)c1cccc(-c2cnnc(N)n2)c1. The normalized spacial score (nSPS) is 9.94. The molecule has 0 amide bonds. The fourth-order valence-corrected chi connectivity index (χ4v) is 1.38. The Bertz CT molecular complexity index is 557. The molecule has 0 aliphatic heterocycles. The molecule has 0 fully saturated rings. The molecule has 0 saturated carbocycles. The first-order valence-corrected chi connectivity index (χ1v) is 4.84. The number of hydrogen-bond acceptors (Lipinski definition) is 6. The lowest BCUT2D eigenvalue weighted by Gasteiger charge is -2.03. The van der Waals surface area contributed by atoms with Crippen molar-refractivity contribution in [2.45, 2.75) is 0 Å². The van der Waals surface area contributed by atoms with Gasteiger partial charge in [-0.1, -0.05) is 12.1 Å². The van der Waals surface area contributed by atoms with Gasteiger partial charge in [0.05, 0.1) is 24.6 Å². The maximum atomic E-state index is 11.4. The molecule has 17 heavy (non-hydrogen) atoms. The van der Waals surface area contributed by atoms with E-state index in [0.29, 0.717) is 11.3 Å². The van der Waals surface area contributed by atoms with Gasteiger partial charge in [-0.2, -0.15) is 5.10 Å². The van der Waals surface area contributed by atoms with Crippen LogP contribution in [-0.2, 0) is 4.74 Å². The number of anilines is 1. The molecule has 0 aliphatic rings. The standard InChI is InChI=1S/C11H10N4O2/c1-17-10(16)8-4-2-3-7(5-8)9-6-13-15-11(12)14-9/h2-6H,1H3,(H2,12,14,15). The highest BCUT2D eigenvalue weighted by Gasteiger charge is 2.08. The van der Waals surface area contributed by atoms with E-state index in [-0.39, 0.29) is 5.95 Å². The number of nitrogen functional groups attached to an aromatic ring is 1. The molecule has 0 aliphatic carbocycles. The number of aromatic nitrogens is 3. The van der Waals surface area contributed by atoms with Crippen molar-refractivity contribution in [3.05, 3.63) is 36.0 Å². The predicted octanol–water partition coefficient (Wildman–Crippen LogP) is 0.907. The average molecular weight is 230 g/mol. The number of benzene rings is 1. The quantitative estimate of drug-likeness (QED) is 0.771. The first-order chi connectivity index (χ1) is 8.20. The third kappa shape index (κ3) is 2.36. The summed E-state index contributed by atoms with van der Waals surface area (Å²) in [6, 6.07) is 6.86. The van der Waals surface area contributed by atoms with Crippen molar-refractivity contribution in [3.8, 4) is 11.3 Å². The number of nitrogens with zero attached hydrogens (tertiary/aromatic N) is 3. The molecule has 86 valence electrons. The molecule has 0 bridgehead atoms. The van der Waals surface area contributed by atoms with E-state index in [4.69, 9.17) is 5.73 Å². The third-order valence-corrected chi connectivity index (χ3v) is 2.15. The Kier molecular flexibility index (Phi) is 2.95. The summed E-state index contributed by atoms with van der Waals surface area (Å²) in [5.74, 6) is -0.312. The van der Waals surface area contributed by atoms with Crippen LogP contribution >= 0.6 is 0 Å². The van der Waals surface area contributed by atoms with E-state index in [1.54, 1.807) is 24.3 Å². The first kappa shape index (κ1) is 11.0. The first-order valence-electron chi connectivity index (χ1n) is 4.84. The van der Waals surface area contributed by atoms with Crippen LogP contribution in [0.3, 0.4) is 0 Å². The highest BCUT2D eigenvalue weighted by atomic mass is 16.5. The predicted molar refractivity (Wildman–Crippen MR) is 61.0 cm³/mol. The summed E-state index contributed by atoms with van der Waals surface area (Å²) in [5, 5.41) is 7.27. The average Bonchev–Trinajstić information content (AvgIpc) is 2.38. The van der Waals surface area contributed by atoms with Gasteiger partial charge in [-0.3, -0.25) is 0 Å². The monoisotopic (exact) mass is 230 g/mol. The van der Waals surface area contributed by atoms with E-state index in [1.807, 2.05) is 0 Å². The molecule has 0 radical (unpaired) electrons. The molecule has 1 aromatic carbocycles. The van der Waals surface area contributed by atoms with Crippen molar-refractivity contribution in [2.75, 3.05) is 12.8 Å². The number of nitrogens with two attached hydrogens (primary N) is 1. The number of rotatable bonds is 2. The van der Waals surface area contributed by atoms with Gasteiger partial charge in [0.15, 0.2) is 0 Å². The topological polar surface area (TPSA) is 91.0 Å². The van der Waals surface area contributed by atoms with Crippen LogP contribution in [0.1, 0.15) is 10.4 Å². The largest absolute Gasteiger partial charge is 0.465 e. The number of hydrogen-bond donors (Lipinski definition) is 1. The van der Waals surface area contributed by atoms with E-state index < -0.39 is 5.97 Å². The molecule has 2 N–H and O–H groups in total. The molecular weight excluding hydrogens is 220 g/mol. The van der Waals surface area contributed by atoms with Gasteiger partial charge in [-0.25, -0.2) is 9.78 Å². The van der Waals surface area contributed by atoms with Crippen LogP contribution in [0.2, 0.25) is 0 Å². The zero-order valence-corrected chi connectivity index (χ0v) is 9.12. The summed E-state index contributed by atoms with van der Waals surface area (Å²) in [6.45, 7) is 0. The smallest absolute Gasteiger partial charge is 0.337 e. The van der Waals surface area contributed by atoms with Gasteiger partial charge in [0, 0.05) is 5.56 Å². The van der Waals surface area contributed by atoms with Gasteiger partial charge < -0.3 is 10.5 Å². The summed E-state index contributed by atoms with van der Waals surface area (Å²) in [5.41, 5.74) is 7.18. The Hall–Kier alpha value is -2.50. The molecule has 1 heterocycles. The Balaban J connectivity index is 2.43. The third-order valence-electron chi connectivity index (χ3n) is 2.15. The Morgan fingerprint density at radius 3 is 2.94 bits per heavy atom. The molecule has 6 nitrogen and oxygen atoms in total. The molecule has 0 saturated heterocycles. The van der Waals surface area contributed by atoms with Gasteiger partial charge in [-0.05, 0) is 12.1 Å². The number of carbonyl (C=O) groups excluding carboxylic acids is 1. The Labute approximate surface area is 97.5 Å². The van der Waals surface area contributed by atoms with E-state index in [2.05, 4.69) is 19.9 Å². The number of methoxy groups -OCH3 is 1. The lowest BCUT2D eigenvalue weighted by Crippen LogP contribution is -2.02. The summed E-state index contributed by atoms with van der Waals surface area (Å²) in [7, 11) is 1.33. The van der Waals surface area contributed by atoms with Crippen molar-refractivity contribution in [3.63, 3.8) is 0 Å². The molecule has 1 aromatic heterocycles. The lowest BCUT2D eigenvalue weighted by atomic mass is 10.1. The zero-order chi connectivity index (χ0) is 12.3. The van der Waals surface area contributed by atoms with E-state index in [9.17, 15) is 4.79 Å². The molecule has 2 aromatic rings. The van der Waals surface area contributed by atoms with Crippen LogP contribution < -0.4 is 5.73 Å². The summed E-state index contributed by atoms with van der Waals surface area (Å²) < 4.78 is 4.64. The second-order valence-corrected chi connectivity index (χ2v) is 3.27. The molecule has 0 spiro atoms. The minimum atomic E-state index is -0.401. The van der Waals surface area contributed by atoms with E-state index in [0.717, 1.165) is 5.56 Å². The maximum absolute atomic E-state index is 11.4. The fraction of sp³-hybridized carbons (Fsp3) is 0.0909. The summed E-state index contributed by atoms with van der Waals surface area (Å²) in [6.07, 6.45) is 1.48. The van der Waals surface area contributed by atoms with Gasteiger partial charge in [0.1, 0.15) is 0 Å². The van der Waals surface area contributed by atoms with E-state index >= 15 is 0 Å². The van der Waals surface area contributed by atoms with Crippen LogP contribution in [0.5, 0.6) is 0 Å². The van der Waals surface area contributed by atoms with Gasteiger partial charge in [0.2, 0.25) is 5.95 Å². The zero-order valence-electron chi connectivity index (χ0n) is 9.12. The number of carbonyl (C=O) groups is 1. The van der Waals surface area contributed by atoms with Crippen LogP contribution in [0.4, 0.5) is 5.95 Å². The second kappa shape index (κ2) is 4.56. The lowest BCUT2D eigenvalue weighted by molar-refractivity contribution is 0.0601. The highest BCUT2D eigenvalue weighted by molar-refractivity contribution is 5.90. The number of esters is 1. The van der Waals surface area contributed by atoms with Crippen molar-refractivity contribution in [2.24, 2.45) is 0 Å². The molecule has 0 unspecified atom stereocenters. The van der Waals surface area contributed by atoms with Crippen LogP contribution in [0.15, 0.2) is 30.5 Å². The molecule has 6 heteroatoms. The van der Waals surface area contributed by atoms with Gasteiger partial charge in [-0.15, -0.1) is 5.10 Å². The molecule has 2 rings (SSSR count). The van der Waals surface area contributed by atoms with Crippen molar-refractivity contribution in [1.29, 1.82) is 0 Å². The van der Waals surface area contributed by atoms with Gasteiger partial charge >= 0.3 is 5.97 Å².